The summed E-state index contributed by atoms with van der Waals surface area (Å²) in [6.45, 7) is 6.37. The zero-order chi connectivity index (χ0) is 17.4. The van der Waals surface area contributed by atoms with E-state index in [9.17, 15) is 0 Å². The summed E-state index contributed by atoms with van der Waals surface area (Å²) in [5.74, 6) is 0. The lowest BCUT2D eigenvalue weighted by Gasteiger charge is -2.28. The first-order valence-corrected chi connectivity index (χ1v) is 11.8. The second-order valence-corrected chi connectivity index (χ2v) is 9.82. The summed E-state index contributed by atoms with van der Waals surface area (Å²) in [5, 5.41) is 0. The molecule has 0 aliphatic rings. The number of hydrogen-bond acceptors (Lipinski definition) is 3. The van der Waals surface area contributed by atoms with Crippen molar-refractivity contribution in [3.63, 3.8) is 0 Å². The summed E-state index contributed by atoms with van der Waals surface area (Å²) in [6, 6.07) is 0.940. The summed E-state index contributed by atoms with van der Waals surface area (Å²) in [5.41, 5.74) is 0. The molecule has 0 aliphatic carbocycles. The maximum absolute atomic E-state index is 5.93. The Labute approximate surface area is 146 Å². The van der Waals surface area contributed by atoms with Crippen LogP contribution >= 0.6 is 0 Å². The standard InChI is InChI=1S/C19H42O3Si/c1-6-7-8-9-10-11-12-13-14-15-16-17-18-23(20-4,21-5)22-19(2)3/h19H,6-18H2,1-5H3. The molecule has 0 radical (unpaired) electrons. The summed E-state index contributed by atoms with van der Waals surface area (Å²) >= 11 is 0. The van der Waals surface area contributed by atoms with Gasteiger partial charge in [-0.1, -0.05) is 77.6 Å². The lowest BCUT2D eigenvalue weighted by molar-refractivity contribution is 0.0693. The van der Waals surface area contributed by atoms with E-state index in [0.717, 1.165) is 12.5 Å². The van der Waals surface area contributed by atoms with Crippen molar-refractivity contribution in [2.24, 2.45) is 0 Å². The largest absolute Gasteiger partial charge is 0.500 e. The molecule has 0 rings (SSSR count). The molecule has 4 heteroatoms. The van der Waals surface area contributed by atoms with Gasteiger partial charge in [0.25, 0.3) is 0 Å². The van der Waals surface area contributed by atoms with E-state index in [4.69, 9.17) is 13.3 Å². The van der Waals surface area contributed by atoms with Gasteiger partial charge in [0.2, 0.25) is 0 Å². The summed E-state index contributed by atoms with van der Waals surface area (Å²) in [7, 11) is 1.04. The first-order chi connectivity index (χ1) is 11.1. The van der Waals surface area contributed by atoms with Crippen LogP contribution < -0.4 is 0 Å². The van der Waals surface area contributed by atoms with Gasteiger partial charge in [0.1, 0.15) is 0 Å². The van der Waals surface area contributed by atoms with E-state index in [2.05, 4.69) is 6.92 Å². The molecule has 0 fully saturated rings. The molecule has 0 aromatic rings. The predicted molar refractivity (Wildman–Crippen MR) is 102 cm³/mol. The van der Waals surface area contributed by atoms with Crippen molar-refractivity contribution in [3.05, 3.63) is 0 Å². The van der Waals surface area contributed by atoms with E-state index in [1.807, 2.05) is 13.8 Å². The Morgan fingerprint density at radius 3 is 1.39 bits per heavy atom. The van der Waals surface area contributed by atoms with E-state index >= 15 is 0 Å². The maximum atomic E-state index is 5.93. The predicted octanol–water partition coefficient (Wildman–Crippen LogP) is 6.34. The van der Waals surface area contributed by atoms with Crippen molar-refractivity contribution < 1.29 is 13.3 Å². The van der Waals surface area contributed by atoms with E-state index in [1.165, 1.54) is 70.6 Å². The highest BCUT2D eigenvalue weighted by molar-refractivity contribution is 6.60. The third-order valence-corrected chi connectivity index (χ3v) is 7.41. The summed E-state index contributed by atoms with van der Waals surface area (Å²) < 4.78 is 17.1. The van der Waals surface area contributed by atoms with Crippen molar-refractivity contribution >= 4 is 8.80 Å². The van der Waals surface area contributed by atoms with Crippen molar-refractivity contribution in [3.8, 4) is 0 Å². The highest BCUT2D eigenvalue weighted by Gasteiger charge is 2.39. The van der Waals surface area contributed by atoms with Crippen LogP contribution in [0.3, 0.4) is 0 Å². The number of hydrogen-bond donors (Lipinski definition) is 0. The molecular formula is C19H42O3Si. The molecule has 0 spiro atoms. The van der Waals surface area contributed by atoms with Crippen LogP contribution in [-0.4, -0.2) is 29.1 Å². The van der Waals surface area contributed by atoms with Crippen LogP contribution in [0.1, 0.15) is 97.8 Å². The van der Waals surface area contributed by atoms with Gasteiger partial charge in [-0.05, 0) is 20.3 Å². The van der Waals surface area contributed by atoms with Crippen LogP contribution in [0, 0.1) is 0 Å². The monoisotopic (exact) mass is 346 g/mol. The molecule has 3 nitrogen and oxygen atoms in total. The van der Waals surface area contributed by atoms with E-state index < -0.39 is 8.80 Å². The third kappa shape index (κ3) is 13.1. The van der Waals surface area contributed by atoms with Gasteiger partial charge in [0.05, 0.1) is 0 Å². The minimum absolute atomic E-state index is 0.166. The van der Waals surface area contributed by atoms with Crippen LogP contribution in [0.2, 0.25) is 6.04 Å². The van der Waals surface area contributed by atoms with Crippen LogP contribution in [0.25, 0.3) is 0 Å². The van der Waals surface area contributed by atoms with E-state index in [0.29, 0.717) is 0 Å². The van der Waals surface area contributed by atoms with Gasteiger partial charge in [0.15, 0.2) is 0 Å². The average Bonchev–Trinajstić information content (AvgIpc) is 2.54. The zero-order valence-corrected chi connectivity index (χ0v) is 17.5. The van der Waals surface area contributed by atoms with Crippen LogP contribution in [0.5, 0.6) is 0 Å². The molecule has 0 saturated carbocycles. The first-order valence-electron chi connectivity index (χ1n) is 9.88. The van der Waals surface area contributed by atoms with Gasteiger partial charge in [-0.25, -0.2) is 0 Å². The fourth-order valence-electron chi connectivity index (χ4n) is 2.98. The van der Waals surface area contributed by atoms with Crippen molar-refractivity contribution in [2.75, 3.05) is 14.2 Å². The molecule has 23 heavy (non-hydrogen) atoms. The van der Waals surface area contributed by atoms with E-state index in [1.54, 1.807) is 14.2 Å². The maximum Gasteiger partial charge on any atom is 0.500 e. The third-order valence-electron chi connectivity index (χ3n) is 4.37. The fourth-order valence-corrected chi connectivity index (χ4v) is 5.27. The summed E-state index contributed by atoms with van der Waals surface area (Å²) in [6.07, 6.45) is 16.6. The van der Waals surface area contributed by atoms with Gasteiger partial charge < -0.3 is 13.3 Å². The smallest absolute Gasteiger partial charge is 0.377 e. The Hall–Kier alpha value is 0.0969. The lowest BCUT2D eigenvalue weighted by Crippen LogP contribution is -2.45. The SMILES string of the molecule is CCCCCCCCCCCCCC[Si](OC)(OC)OC(C)C. The quantitative estimate of drug-likeness (QED) is 0.227. The molecule has 140 valence electrons. The molecule has 0 bridgehead atoms. The fraction of sp³-hybridized carbons (Fsp3) is 1.00. The first kappa shape index (κ1) is 23.1. The van der Waals surface area contributed by atoms with Gasteiger partial charge in [-0.3, -0.25) is 0 Å². The van der Waals surface area contributed by atoms with Crippen LogP contribution in [0.4, 0.5) is 0 Å². The van der Waals surface area contributed by atoms with Crippen LogP contribution in [-0.2, 0) is 13.3 Å². The lowest BCUT2D eigenvalue weighted by atomic mass is 10.1. The highest BCUT2D eigenvalue weighted by Crippen LogP contribution is 2.21. The van der Waals surface area contributed by atoms with Gasteiger partial charge in [-0.2, -0.15) is 0 Å². The van der Waals surface area contributed by atoms with E-state index in [-0.39, 0.29) is 6.10 Å². The topological polar surface area (TPSA) is 27.7 Å². The Bertz CT molecular complexity index is 243. The average molecular weight is 347 g/mol. The Balaban J connectivity index is 3.50. The normalized spacial score (nSPS) is 12.3. The zero-order valence-electron chi connectivity index (χ0n) is 16.5. The molecule has 0 saturated heterocycles. The highest BCUT2D eigenvalue weighted by atomic mass is 28.4. The van der Waals surface area contributed by atoms with Gasteiger partial charge in [-0.15, -0.1) is 0 Å². The number of rotatable bonds is 17. The molecule has 0 unspecified atom stereocenters. The molecule has 0 atom stereocenters. The van der Waals surface area contributed by atoms with Gasteiger partial charge >= 0.3 is 8.80 Å². The molecule has 0 amide bonds. The Morgan fingerprint density at radius 1 is 0.652 bits per heavy atom. The molecule has 0 aromatic heterocycles. The minimum Gasteiger partial charge on any atom is -0.377 e. The minimum atomic E-state index is -2.40. The number of unbranched alkanes of at least 4 members (excludes halogenated alkanes) is 11. The second kappa shape index (κ2) is 15.6. The van der Waals surface area contributed by atoms with Gasteiger partial charge in [0, 0.05) is 26.4 Å². The van der Waals surface area contributed by atoms with Crippen molar-refractivity contribution in [1.82, 2.24) is 0 Å². The summed E-state index contributed by atoms with van der Waals surface area (Å²) in [4.78, 5) is 0. The van der Waals surface area contributed by atoms with Crippen LogP contribution in [0.15, 0.2) is 0 Å². The Kier molecular flexibility index (Phi) is 15.7. The van der Waals surface area contributed by atoms with Crippen molar-refractivity contribution in [2.45, 2.75) is 110 Å². The second-order valence-electron chi connectivity index (χ2n) is 6.90. The Morgan fingerprint density at radius 2 is 1.04 bits per heavy atom. The molecular weight excluding hydrogens is 304 g/mol. The molecule has 0 aromatic carbocycles. The molecule has 0 N–H and O–H groups in total. The molecule has 0 aliphatic heterocycles. The molecule has 0 heterocycles. The van der Waals surface area contributed by atoms with Crippen molar-refractivity contribution in [1.29, 1.82) is 0 Å².